The van der Waals surface area contributed by atoms with E-state index < -0.39 is 5.54 Å². The molecule has 2 aromatic rings. The molecule has 0 saturated heterocycles. The molecule has 26 heavy (non-hydrogen) atoms. The van der Waals surface area contributed by atoms with Crippen molar-refractivity contribution in [2.45, 2.75) is 45.2 Å². The summed E-state index contributed by atoms with van der Waals surface area (Å²) < 4.78 is 5.40. The van der Waals surface area contributed by atoms with Crippen molar-refractivity contribution in [1.82, 2.24) is 5.32 Å². The molecule has 2 heterocycles. The summed E-state index contributed by atoms with van der Waals surface area (Å²) in [4.78, 5) is 26.6. The summed E-state index contributed by atoms with van der Waals surface area (Å²) in [5, 5.41) is 2.86. The fraction of sp³-hybridized carbons (Fsp3) is 0.400. The number of nitrogens with two attached hydrogens (primary N) is 1. The molecule has 0 aliphatic carbocycles. The van der Waals surface area contributed by atoms with Crippen LogP contribution in [0.25, 0.3) is 0 Å². The molecule has 0 fully saturated rings. The van der Waals surface area contributed by atoms with E-state index in [0.29, 0.717) is 25.1 Å². The minimum atomic E-state index is -0.424. The summed E-state index contributed by atoms with van der Waals surface area (Å²) in [6.07, 6.45) is 3.41. The zero-order chi connectivity index (χ0) is 18.7. The number of carbonyl (C=O) groups excluding carboxylic acids is 2. The van der Waals surface area contributed by atoms with Crippen molar-refractivity contribution in [1.29, 1.82) is 0 Å². The van der Waals surface area contributed by atoms with Crippen molar-refractivity contribution in [2.24, 2.45) is 5.73 Å². The second kappa shape index (κ2) is 7.33. The molecule has 0 saturated carbocycles. The number of benzene rings is 1. The van der Waals surface area contributed by atoms with Gasteiger partial charge >= 0.3 is 0 Å². The van der Waals surface area contributed by atoms with Gasteiger partial charge in [0.05, 0.1) is 19.2 Å². The fourth-order valence-corrected chi connectivity index (χ4v) is 3.16. The monoisotopic (exact) mass is 355 g/mol. The summed E-state index contributed by atoms with van der Waals surface area (Å²) in [5.41, 5.74) is 8.40. The summed E-state index contributed by atoms with van der Waals surface area (Å²) in [6.45, 7) is 4.70. The van der Waals surface area contributed by atoms with Crippen LogP contribution < -0.4 is 16.0 Å². The molecule has 0 radical (unpaired) electrons. The van der Waals surface area contributed by atoms with E-state index in [-0.39, 0.29) is 17.6 Å². The SMILES string of the molecule is CCC(N)(CC)CNC(=O)c1occc1CN1C(=O)Cc2ccccc21. The largest absolute Gasteiger partial charge is 0.459 e. The number of nitrogens with zero attached hydrogens (tertiary/aromatic N) is 1. The van der Waals surface area contributed by atoms with Crippen molar-refractivity contribution in [3.8, 4) is 0 Å². The number of rotatable bonds is 7. The van der Waals surface area contributed by atoms with Gasteiger partial charge in [0.25, 0.3) is 5.91 Å². The molecule has 138 valence electrons. The third kappa shape index (κ3) is 3.51. The Morgan fingerprint density at radius 2 is 2.00 bits per heavy atom. The van der Waals surface area contributed by atoms with Crippen LogP contribution in [0, 0.1) is 0 Å². The first-order valence-corrected chi connectivity index (χ1v) is 8.99. The van der Waals surface area contributed by atoms with Crippen LogP contribution in [0.15, 0.2) is 41.0 Å². The van der Waals surface area contributed by atoms with Gasteiger partial charge in [-0.25, -0.2) is 0 Å². The highest BCUT2D eigenvalue weighted by Gasteiger charge is 2.29. The second-order valence-corrected chi connectivity index (χ2v) is 6.81. The van der Waals surface area contributed by atoms with E-state index in [2.05, 4.69) is 5.32 Å². The lowest BCUT2D eigenvalue weighted by atomic mass is 9.94. The summed E-state index contributed by atoms with van der Waals surface area (Å²) >= 11 is 0. The summed E-state index contributed by atoms with van der Waals surface area (Å²) in [5.74, 6) is -0.0462. The molecule has 1 aliphatic rings. The van der Waals surface area contributed by atoms with Gasteiger partial charge in [0, 0.05) is 23.3 Å². The number of amides is 2. The first-order chi connectivity index (χ1) is 12.5. The number of fused-ring (bicyclic) bond motifs is 1. The van der Waals surface area contributed by atoms with Crippen LogP contribution in [-0.4, -0.2) is 23.9 Å². The molecule has 0 bridgehead atoms. The molecule has 0 spiro atoms. The van der Waals surface area contributed by atoms with Gasteiger partial charge in [0.1, 0.15) is 0 Å². The number of para-hydroxylation sites is 1. The van der Waals surface area contributed by atoms with Gasteiger partial charge in [0.2, 0.25) is 5.91 Å². The van der Waals surface area contributed by atoms with E-state index in [1.54, 1.807) is 11.0 Å². The molecule has 2 amide bonds. The quantitative estimate of drug-likeness (QED) is 0.799. The van der Waals surface area contributed by atoms with Gasteiger partial charge in [0.15, 0.2) is 5.76 Å². The summed E-state index contributed by atoms with van der Waals surface area (Å²) in [6, 6.07) is 9.44. The summed E-state index contributed by atoms with van der Waals surface area (Å²) in [7, 11) is 0. The smallest absolute Gasteiger partial charge is 0.287 e. The molecule has 3 N–H and O–H groups in total. The Bertz CT molecular complexity index is 808. The minimum Gasteiger partial charge on any atom is -0.459 e. The number of furan rings is 1. The highest BCUT2D eigenvalue weighted by atomic mass is 16.3. The zero-order valence-corrected chi connectivity index (χ0v) is 15.2. The molecular formula is C20H25N3O3. The van der Waals surface area contributed by atoms with Crippen molar-refractivity contribution in [3.05, 3.63) is 53.5 Å². The average Bonchev–Trinajstić information content (AvgIpc) is 3.24. The third-order valence-corrected chi connectivity index (χ3v) is 5.22. The lowest BCUT2D eigenvalue weighted by Crippen LogP contribution is -2.49. The highest BCUT2D eigenvalue weighted by Crippen LogP contribution is 2.30. The predicted octanol–water partition coefficient (Wildman–Crippen LogP) is 2.62. The van der Waals surface area contributed by atoms with Crippen LogP contribution in [0.4, 0.5) is 5.69 Å². The molecule has 3 rings (SSSR count). The molecule has 1 aromatic carbocycles. The maximum Gasteiger partial charge on any atom is 0.287 e. The molecule has 6 heteroatoms. The van der Waals surface area contributed by atoms with E-state index >= 15 is 0 Å². The van der Waals surface area contributed by atoms with Gasteiger partial charge in [-0.15, -0.1) is 0 Å². The van der Waals surface area contributed by atoms with Crippen LogP contribution in [0.5, 0.6) is 0 Å². The van der Waals surface area contributed by atoms with Crippen molar-refractivity contribution >= 4 is 17.5 Å². The normalized spacial score (nSPS) is 13.8. The molecule has 1 aromatic heterocycles. The number of hydrogen-bond acceptors (Lipinski definition) is 4. The van der Waals surface area contributed by atoms with E-state index in [1.807, 2.05) is 38.1 Å². The Balaban J connectivity index is 1.73. The Labute approximate surface area is 153 Å². The van der Waals surface area contributed by atoms with Gasteiger partial charge in [-0.2, -0.15) is 0 Å². The van der Waals surface area contributed by atoms with E-state index in [1.165, 1.54) is 6.26 Å². The Hall–Kier alpha value is -2.60. The Morgan fingerprint density at radius 3 is 2.73 bits per heavy atom. The molecule has 0 unspecified atom stereocenters. The van der Waals surface area contributed by atoms with Crippen LogP contribution in [-0.2, 0) is 17.8 Å². The average molecular weight is 355 g/mol. The minimum absolute atomic E-state index is 0.0247. The maximum absolute atomic E-state index is 12.5. The van der Waals surface area contributed by atoms with Crippen molar-refractivity contribution in [3.63, 3.8) is 0 Å². The van der Waals surface area contributed by atoms with E-state index in [9.17, 15) is 9.59 Å². The van der Waals surface area contributed by atoms with Gasteiger partial charge in [-0.3, -0.25) is 9.59 Å². The molecule has 1 aliphatic heterocycles. The first-order valence-electron chi connectivity index (χ1n) is 8.99. The number of hydrogen-bond donors (Lipinski definition) is 2. The van der Waals surface area contributed by atoms with Gasteiger partial charge < -0.3 is 20.4 Å². The van der Waals surface area contributed by atoms with Crippen LogP contribution in [0.2, 0.25) is 0 Å². The lowest BCUT2D eigenvalue weighted by Gasteiger charge is -2.26. The topological polar surface area (TPSA) is 88.6 Å². The Morgan fingerprint density at radius 1 is 1.27 bits per heavy atom. The number of carbonyl (C=O) groups is 2. The third-order valence-electron chi connectivity index (χ3n) is 5.22. The van der Waals surface area contributed by atoms with E-state index in [4.69, 9.17) is 10.2 Å². The lowest BCUT2D eigenvalue weighted by molar-refractivity contribution is -0.117. The van der Waals surface area contributed by atoms with Crippen LogP contribution in [0.3, 0.4) is 0 Å². The first kappa shape index (κ1) is 18.2. The second-order valence-electron chi connectivity index (χ2n) is 6.81. The van der Waals surface area contributed by atoms with Gasteiger partial charge in [-0.1, -0.05) is 32.0 Å². The molecular weight excluding hydrogens is 330 g/mol. The molecule has 0 atom stereocenters. The fourth-order valence-electron chi connectivity index (χ4n) is 3.16. The van der Waals surface area contributed by atoms with Crippen molar-refractivity contribution in [2.75, 3.05) is 11.4 Å². The standard InChI is InChI=1S/C20H25N3O3/c1-3-20(21,4-2)13-22-19(25)18-15(9-10-26-18)12-23-16-8-6-5-7-14(16)11-17(23)24/h5-10H,3-4,11-13,21H2,1-2H3,(H,22,25). The number of nitrogens with one attached hydrogen (secondary N) is 1. The van der Waals surface area contributed by atoms with Gasteiger partial charge in [-0.05, 0) is 30.5 Å². The molecule has 6 nitrogen and oxygen atoms in total. The highest BCUT2D eigenvalue weighted by molar-refractivity contribution is 6.01. The van der Waals surface area contributed by atoms with Crippen LogP contribution in [0.1, 0.15) is 48.4 Å². The van der Waals surface area contributed by atoms with Crippen molar-refractivity contribution < 1.29 is 14.0 Å². The zero-order valence-electron chi connectivity index (χ0n) is 15.2. The maximum atomic E-state index is 12.5. The number of anilines is 1. The van der Waals surface area contributed by atoms with Crippen LogP contribution >= 0.6 is 0 Å². The predicted molar refractivity (Wildman–Crippen MR) is 99.9 cm³/mol. The Kier molecular flexibility index (Phi) is 5.13. The van der Waals surface area contributed by atoms with E-state index in [0.717, 1.165) is 24.1 Å².